The Morgan fingerprint density at radius 2 is 1.32 bits per heavy atom. The zero-order valence-electron chi connectivity index (χ0n) is 20.8. The van der Waals surface area contributed by atoms with E-state index in [1.54, 1.807) is 65.6 Å². The van der Waals surface area contributed by atoms with E-state index in [-0.39, 0.29) is 22.5 Å². The molecule has 7 heteroatoms. The minimum Gasteiger partial charge on any atom is -0.476 e. The molecule has 0 aromatic heterocycles. The molecular weight excluding hydrogens is 545 g/mol. The first-order chi connectivity index (χ1) is 19.4. The summed E-state index contributed by atoms with van der Waals surface area (Å²) >= 11 is 12.5. The molecule has 0 N–H and O–H groups in total. The summed E-state index contributed by atoms with van der Waals surface area (Å²) in [6.07, 6.45) is -0.919. The van der Waals surface area contributed by atoms with Crippen LogP contribution < -0.4 is 9.64 Å². The van der Waals surface area contributed by atoms with Gasteiger partial charge >= 0.3 is 0 Å². The number of halogens is 2. The maximum Gasteiger partial charge on any atom is 0.271 e. The van der Waals surface area contributed by atoms with E-state index in [9.17, 15) is 14.4 Å². The number of amides is 1. The van der Waals surface area contributed by atoms with Crippen LogP contribution in [0.25, 0.3) is 10.8 Å². The molecule has 2 unspecified atom stereocenters. The first-order valence-electron chi connectivity index (χ1n) is 12.7. The molecule has 1 fully saturated rings. The van der Waals surface area contributed by atoms with Crippen LogP contribution in [0.15, 0.2) is 103 Å². The Labute approximate surface area is 239 Å². The number of anilines is 1. The first-order valence-corrected chi connectivity index (χ1v) is 13.4. The van der Waals surface area contributed by atoms with Crippen molar-refractivity contribution in [2.45, 2.75) is 12.1 Å². The van der Waals surface area contributed by atoms with Crippen molar-refractivity contribution in [1.82, 2.24) is 0 Å². The minimum atomic E-state index is -0.919. The number of benzene rings is 5. The van der Waals surface area contributed by atoms with Crippen molar-refractivity contribution in [2.75, 3.05) is 4.90 Å². The predicted molar refractivity (Wildman–Crippen MR) is 155 cm³/mol. The summed E-state index contributed by atoms with van der Waals surface area (Å²) < 4.78 is 6.19. The molecule has 0 spiro atoms. The summed E-state index contributed by atoms with van der Waals surface area (Å²) in [4.78, 5) is 42.1. The number of hydrogen-bond acceptors (Lipinski definition) is 4. The topological polar surface area (TPSA) is 63.7 Å². The lowest BCUT2D eigenvalue weighted by Gasteiger charge is -2.47. The van der Waals surface area contributed by atoms with Crippen molar-refractivity contribution < 1.29 is 19.1 Å². The Morgan fingerprint density at radius 1 is 0.650 bits per heavy atom. The quantitative estimate of drug-likeness (QED) is 0.209. The fraction of sp³-hybridized carbons (Fsp3) is 0.0606. The molecule has 5 aromatic carbocycles. The normalized spacial score (nSPS) is 17.9. The Bertz CT molecular complexity index is 1890. The van der Waals surface area contributed by atoms with Gasteiger partial charge in [0.15, 0.2) is 11.6 Å². The van der Waals surface area contributed by atoms with Gasteiger partial charge < -0.3 is 4.74 Å². The third kappa shape index (κ3) is 3.74. The van der Waals surface area contributed by atoms with Crippen LogP contribution in [0.3, 0.4) is 0 Å². The Hall–Kier alpha value is -4.45. The zero-order valence-corrected chi connectivity index (χ0v) is 22.3. The molecule has 40 heavy (non-hydrogen) atoms. The maximum absolute atomic E-state index is 13.8. The number of carbonyl (C=O) groups excluding carboxylic acids is 3. The smallest absolute Gasteiger partial charge is 0.271 e. The highest BCUT2D eigenvalue weighted by Gasteiger charge is 2.52. The van der Waals surface area contributed by atoms with Gasteiger partial charge in [-0.25, -0.2) is 0 Å². The Morgan fingerprint density at radius 3 is 2.10 bits per heavy atom. The van der Waals surface area contributed by atoms with E-state index in [0.717, 1.165) is 16.5 Å². The van der Waals surface area contributed by atoms with Crippen LogP contribution in [0.2, 0.25) is 10.0 Å². The van der Waals surface area contributed by atoms with E-state index in [2.05, 4.69) is 0 Å². The molecule has 1 heterocycles. The molecule has 5 nitrogen and oxygen atoms in total. The second-order valence-corrected chi connectivity index (χ2v) is 10.6. The summed E-state index contributed by atoms with van der Waals surface area (Å²) in [5.74, 6) is -0.358. The first kappa shape index (κ1) is 24.6. The molecule has 0 bridgehead atoms. The number of β-lactam (4-membered cyclic amide) rings is 1. The van der Waals surface area contributed by atoms with Crippen molar-refractivity contribution in [3.63, 3.8) is 0 Å². The highest BCUT2D eigenvalue weighted by molar-refractivity contribution is 6.35. The van der Waals surface area contributed by atoms with Gasteiger partial charge in [0.25, 0.3) is 5.91 Å². The average molecular weight is 564 g/mol. The number of fused-ring (bicyclic) bond motifs is 3. The predicted octanol–water partition coefficient (Wildman–Crippen LogP) is 7.46. The summed E-state index contributed by atoms with van der Waals surface area (Å²) in [7, 11) is 0. The van der Waals surface area contributed by atoms with E-state index in [4.69, 9.17) is 27.9 Å². The van der Waals surface area contributed by atoms with Gasteiger partial charge in [0.2, 0.25) is 6.10 Å². The molecule has 0 radical (unpaired) electrons. The van der Waals surface area contributed by atoms with Crippen LogP contribution >= 0.6 is 23.2 Å². The number of nitrogens with zero attached hydrogens (tertiary/aromatic N) is 1. The molecule has 194 valence electrons. The maximum atomic E-state index is 13.8. The molecule has 2 atom stereocenters. The highest BCUT2D eigenvalue weighted by atomic mass is 35.5. The van der Waals surface area contributed by atoms with Crippen molar-refractivity contribution >= 4 is 57.1 Å². The SMILES string of the molecule is O=C1c2ccccc2C(=O)c2cc(C3C(Oc4ccc(Cl)cc4Cl)C(=O)N3c3cccc4ccccc34)ccc21. The van der Waals surface area contributed by atoms with Gasteiger partial charge in [0.1, 0.15) is 11.8 Å². The molecule has 1 amide bonds. The van der Waals surface area contributed by atoms with Crippen LogP contribution in [0.5, 0.6) is 5.75 Å². The van der Waals surface area contributed by atoms with Crippen molar-refractivity contribution in [2.24, 2.45) is 0 Å². The van der Waals surface area contributed by atoms with Crippen LogP contribution in [0.1, 0.15) is 43.4 Å². The summed E-state index contributed by atoms with van der Waals surface area (Å²) in [6, 6.07) is 29.8. The monoisotopic (exact) mass is 563 g/mol. The van der Waals surface area contributed by atoms with E-state index in [1.165, 1.54) is 0 Å². The van der Waals surface area contributed by atoms with Gasteiger partial charge in [0, 0.05) is 32.7 Å². The molecule has 1 aliphatic heterocycles. The molecule has 0 saturated carbocycles. The lowest BCUT2D eigenvalue weighted by Crippen LogP contribution is -2.61. The number of carbonyl (C=O) groups is 3. The summed E-state index contributed by atoms with van der Waals surface area (Å²) in [5.41, 5.74) is 2.80. The van der Waals surface area contributed by atoms with E-state index in [0.29, 0.717) is 38.6 Å². The van der Waals surface area contributed by atoms with Gasteiger partial charge in [-0.3, -0.25) is 19.3 Å². The lowest BCUT2D eigenvalue weighted by molar-refractivity contribution is -0.135. The van der Waals surface area contributed by atoms with E-state index < -0.39 is 12.1 Å². The van der Waals surface area contributed by atoms with Gasteiger partial charge in [0.05, 0.1) is 10.7 Å². The minimum absolute atomic E-state index is 0.201. The lowest BCUT2D eigenvalue weighted by atomic mass is 9.81. The van der Waals surface area contributed by atoms with E-state index >= 15 is 0 Å². The molecule has 1 saturated heterocycles. The summed E-state index contributed by atoms with van der Waals surface area (Å²) in [6.45, 7) is 0. The molecule has 5 aromatic rings. The largest absolute Gasteiger partial charge is 0.476 e. The molecule has 2 aliphatic rings. The van der Waals surface area contributed by atoms with Gasteiger partial charge in [-0.15, -0.1) is 0 Å². The number of hydrogen-bond donors (Lipinski definition) is 0. The number of ether oxygens (including phenoxy) is 1. The van der Waals surface area contributed by atoms with Crippen molar-refractivity contribution in [1.29, 1.82) is 0 Å². The van der Waals surface area contributed by atoms with Crippen LogP contribution in [-0.4, -0.2) is 23.6 Å². The molecule has 7 rings (SSSR count). The fourth-order valence-electron chi connectivity index (χ4n) is 5.60. The van der Waals surface area contributed by atoms with Crippen LogP contribution in [-0.2, 0) is 4.79 Å². The number of rotatable bonds is 4. The number of ketones is 2. The van der Waals surface area contributed by atoms with Crippen LogP contribution in [0, 0.1) is 0 Å². The Balaban J connectivity index is 1.36. The average Bonchev–Trinajstić information content (AvgIpc) is 2.98. The van der Waals surface area contributed by atoms with Crippen LogP contribution in [0.4, 0.5) is 5.69 Å². The van der Waals surface area contributed by atoms with Crippen molar-refractivity contribution in [3.05, 3.63) is 141 Å². The van der Waals surface area contributed by atoms with E-state index in [1.807, 2.05) is 42.5 Å². The van der Waals surface area contributed by atoms with Crippen molar-refractivity contribution in [3.8, 4) is 5.75 Å². The zero-order chi connectivity index (χ0) is 27.5. The second-order valence-electron chi connectivity index (χ2n) is 9.77. The van der Waals surface area contributed by atoms with Gasteiger partial charge in [-0.2, -0.15) is 0 Å². The third-order valence-electron chi connectivity index (χ3n) is 7.51. The molecular formula is C33H19Cl2NO4. The third-order valence-corrected chi connectivity index (χ3v) is 8.04. The Kier molecular flexibility index (Phi) is 5.74. The van der Waals surface area contributed by atoms with Gasteiger partial charge in [-0.1, -0.05) is 89.9 Å². The van der Waals surface area contributed by atoms with Gasteiger partial charge in [-0.05, 0) is 47.3 Å². The highest BCUT2D eigenvalue weighted by Crippen LogP contribution is 2.45. The summed E-state index contributed by atoms with van der Waals surface area (Å²) in [5, 5.41) is 2.62. The fourth-order valence-corrected chi connectivity index (χ4v) is 6.05. The molecule has 1 aliphatic carbocycles. The standard InChI is InChI=1S/C33H19Cl2NO4/c34-20-13-15-28(26(35)17-20)40-32-29(36(33(32)39)27-11-5-7-18-6-1-2-8-21(18)27)19-12-14-24-25(16-19)31(38)23-10-4-3-9-22(23)30(24)37/h1-17,29,32H. The second kappa shape index (κ2) is 9.33.